The summed E-state index contributed by atoms with van der Waals surface area (Å²) in [6, 6.07) is 0. The number of hydrogen-bond acceptors (Lipinski definition) is 7. The first-order chi connectivity index (χ1) is 12.2. The Morgan fingerprint density at radius 3 is 2.26 bits per heavy atom. The molecule has 1 rings (SSSR count). The Balaban J connectivity index is 2.57. The molecular formula is C18H28N2O6S. The van der Waals surface area contributed by atoms with Crippen LogP contribution in [0.15, 0.2) is 5.38 Å². The SMILES string of the molecule is CC(C)(C)OC(=O)C[C@@H](CCc1csc(NC(=O)OC(C)(C)C)n1)C(=O)O. The Morgan fingerprint density at radius 2 is 1.74 bits per heavy atom. The van der Waals surface area contributed by atoms with Gasteiger partial charge in [-0.2, -0.15) is 0 Å². The molecule has 0 aliphatic heterocycles. The number of nitrogens with one attached hydrogen (secondary N) is 1. The van der Waals surface area contributed by atoms with Crippen molar-refractivity contribution in [2.24, 2.45) is 5.92 Å². The van der Waals surface area contributed by atoms with Crippen LogP contribution < -0.4 is 5.32 Å². The number of hydrogen-bond donors (Lipinski definition) is 2. The maximum Gasteiger partial charge on any atom is 0.413 e. The molecule has 9 heteroatoms. The summed E-state index contributed by atoms with van der Waals surface area (Å²) in [6.07, 6.45) is -0.187. The van der Waals surface area contributed by atoms with Crippen LogP contribution in [0.3, 0.4) is 0 Å². The summed E-state index contributed by atoms with van der Waals surface area (Å²) >= 11 is 1.22. The minimum Gasteiger partial charge on any atom is -0.481 e. The second kappa shape index (κ2) is 9.16. The normalized spacial score (nSPS) is 13.0. The lowest BCUT2D eigenvalue weighted by Crippen LogP contribution is -2.27. The molecule has 0 bridgehead atoms. The van der Waals surface area contributed by atoms with E-state index in [0.717, 1.165) is 0 Å². The quantitative estimate of drug-likeness (QED) is 0.668. The highest BCUT2D eigenvalue weighted by atomic mass is 32.1. The van der Waals surface area contributed by atoms with E-state index in [4.69, 9.17) is 9.47 Å². The van der Waals surface area contributed by atoms with Crippen LogP contribution >= 0.6 is 11.3 Å². The van der Waals surface area contributed by atoms with Gasteiger partial charge in [-0.15, -0.1) is 11.3 Å². The van der Waals surface area contributed by atoms with Gasteiger partial charge in [-0.3, -0.25) is 14.9 Å². The number of aryl methyl sites for hydroxylation is 1. The number of ether oxygens (including phenoxy) is 2. The number of aliphatic carboxylic acids is 1. The third-order valence-electron chi connectivity index (χ3n) is 3.09. The smallest absolute Gasteiger partial charge is 0.413 e. The molecule has 27 heavy (non-hydrogen) atoms. The van der Waals surface area contributed by atoms with Crippen LogP contribution in [-0.4, -0.2) is 39.3 Å². The minimum atomic E-state index is -1.05. The molecule has 0 saturated heterocycles. The topological polar surface area (TPSA) is 115 Å². The van der Waals surface area contributed by atoms with Gasteiger partial charge in [0.1, 0.15) is 11.2 Å². The lowest BCUT2D eigenvalue weighted by Gasteiger charge is -2.20. The largest absolute Gasteiger partial charge is 0.481 e. The summed E-state index contributed by atoms with van der Waals surface area (Å²) in [5, 5.41) is 14.0. The van der Waals surface area contributed by atoms with Gasteiger partial charge in [0.25, 0.3) is 0 Å². The molecule has 0 saturated carbocycles. The number of anilines is 1. The van der Waals surface area contributed by atoms with Crippen molar-refractivity contribution in [2.45, 2.75) is 72.0 Å². The van der Waals surface area contributed by atoms with Gasteiger partial charge in [-0.1, -0.05) is 0 Å². The van der Waals surface area contributed by atoms with Crippen LogP contribution in [-0.2, 0) is 25.5 Å². The minimum absolute atomic E-state index is 0.195. The maximum atomic E-state index is 11.9. The molecule has 152 valence electrons. The number of carbonyl (C=O) groups excluding carboxylic acids is 2. The number of amides is 1. The Labute approximate surface area is 163 Å². The monoisotopic (exact) mass is 400 g/mol. The van der Waals surface area contributed by atoms with Gasteiger partial charge in [0.05, 0.1) is 18.0 Å². The van der Waals surface area contributed by atoms with Crippen molar-refractivity contribution in [3.8, 4) is 0 Å². The van der Waals surface area contributed by atoms with Crippen molar-refractivity contribution >= 4 is 34.5 Å². The lowest BCUT2D eigenvalue weighted by molar-refractivity contribution is -0.159. The molecule has 8 nitrogen and oxygen atoms in total. The van der Waals surface area contributed by atoms with Crippen LogP contribution in [0.2, 0.25) is 0 Å². The zero-order chi connectivity index (χ0) is 20.8. The second-order valence-corrected chi connectivity index (χ2v) is 8.99. The predicted octanol–water partition coefficient (Wildman–Crippen LogP) is 3.86. The molecule has 0 fully saturated rings. The summed E-state index contributed by atoms with van der Waals surface area (Å²) in [5.74, 6) is -2.45. The van der Waals surface area contributed by atoms with E-state index in [-0.39, 0.29) is 12.8 Å². The standard InChI is InChI=1S/C18H28N2O6S/c1-17(2,3)25-13(21)9-11(14(22)23)7-8-12-10-27-15(19-12)20-16(24)26-18(4,5)6/h10-11H,7-9H2,1-6H3,(H,22,23)(H,19,20,24)/t11-/m1/s1. The average Bonchev–Trinajstić information content (AvgIpc) is 2.86. The van der Waals surface area contributed by atoms with E-state index >= 15 is 0 Å². The fraction of sp³-hybridized carbons (Fsp3) is 0.667. The Morgan fingerprint density at radius 1 is 1.15 bits per heavy atom. The first kappa shape index (κ1) is 22.9. The third-order valence-corrected chi connectivity index (χ3v) is 3.90. The maximum absolute atomic E-state index is 11.9. The van der Waals surface area contributed by atoms with Gasteiger partial charge < -0.3 is 14.6 Å². The Hall–Kier alpha value is -2.16. The molecular weight excluding hydrogens is 372 g/mol. The van der Waals surface area contributed by atoms with Crippen molar-refractivity contribution < 1.29 is 29.0 Å². The van der Waals surface area contributed by atoms with Crippen LogP contribution in [0.1, 0.15) is 60.1 Å². The van der Waals surface area contributed by atoms with Crippen molar-refractivity contribution in [3.05, 3.63) is 11.1 Å². The lowest BCUT2D eigenvalue weighted by atomic mass is 9.98. The van der Waals surface area contributed by atoms with E-state index in [0.29, 0.717) is 17.2 Å². The van der Waals surface area contributed by atoms with Gasteiger partial charge >= 0.3 is 18.0 Å². The molecule has 0 spiro atoms. The van der Waals surface area contributed by atoms with Crippen LogP contribution in [0.25, 0.3) is 0 Å². The zero-order valence-electron chi connectivity index (χ0n) is 16.6. The molecule has 0 radical (unpaired) electrons. The molecule has 0 aliphatic carbocycles. The van der Waals surface area contributed by atoms with Gasteiger partial charge in [0.2, 0.25) is 0 Å². The number of carbonyl (C=O) groups is 3. The highest BCUT2D eigenvalue weighted by Gasteiger charge is 2.25. The molecule has 1 atom stereocenters. The number of esters is 1. The first-order valence-electron chi connectivity index (χ1n) is 8.64. The number of carboxylic acid groups (broad SMARTS) is 1. The van der Waals surface area contributed by atoms with E-state index in [9.17, 15) is 19.5 Å². The van der Waals surface area contributed by atoms with E-state index in [2.05, 4.69) is 10.3 Å². The molecule has 0 aliphatic rings. The first-order valence-corrected chi connectivity index (χ1v) is 9.52. The summed E-state index contributed by atoms with van der Waals surface area (Å²) in [6.45, 7) is 10.5. The van der Waals surface area contributed by atoms with Crippen LogP contribution in [0.4, 0.5) is 9.93 Å². The predicted molar refractivity (Wildman–Crippen MR) is 102 cm³/mol. The van der Waals surface area contributed by atoms with E-state index in [1.165, 1.54) is 11.3 Å². The highest BCUT2D eigenvalue weighted by molar-refractivity contribution is 7.13. The van der Waals surface area contributed by atoms with Gasteiger partial charge in [-0.25, -0.2) is 9.78 Å². The number of carboxylic acids is 1. The summed E-state index contributed by atoms with van der Waals surface area (Å²) in [7, 11) is 0. The van der Waals surface area contributed by atoms with Crippen molar-refractivity contribution in [3.63, 3.8) is 0 Å². The fourth-order valence-corrected chi connectivity index (χ4v) is 2.82. The Kier molecular flexibility index (Phi) is 7.77. The van der Waals surface area contributed by atoms with Crippen molar-refractivity contribution in [1.29, 1.82) is 0 Å². The summed E-state index contributed by atoms with van der Waals surface area (Å²) in [4.78, 5) is 39.2. The van der Waals surface area contributed by atoms with E-state index < -0.39 is 35.2 Å². The highest BCUT2D eigenvalue weighted by Crippen LogP contribution is 2.21. The second-order valence-electron chi connectivity index (χ2n) is 8.14. The molecule has 0 unspecified atom stereocenters. The molecule has 1 aromatic rings. The number of aromatic nitrogens is 1. The molecule has 1 aromatic heterocycles. The molecule has 1 amide bonds. The van der Waals surface area contributed by atoms with Crippen molar-refractivity contribution in [1.82, 2.24) is 4.98 Å². The molecule has 2 N–H and O–H groups in total. The third kappa shape index (κ3) is 9.93. The number of nitrogens with zero attached hydrogens (tertiary/aromatic N) is 1. The average molecular weight is 400 g/mol. The van der Waals surface area contributed by atoms with Crippen LogP contribution in [0, 0.1) is 5.92 Å². The molecule has 1 heterocycles. The zero-order valence-corrected chi connectivity index (χ0v) is 17.4. The number of rotatable bonds is 7. The van der Waals surface area contributed by atoms with Gasteiger partial charge in [0, 0.05) is 5.38 Å². The van der Waals surface area contributed by atoms with E-state index in [1.807, 2.05) is 0 Å². The van der Waals surface area contributed by atoms with E-state index in [1.54, 1.807) is 46.9 Å². The van der Waals surface area contributed by atoms with Gasteiger partial charge in [0.15, 0.2) is 5.13 Å². The van der Waals surface area contributed by atoms with Crippen molar-refractivity contribution in [2.75, 3.05) is 5.32 Å². The fourth-order valence-electron chi connectivity index (χ4n) is 2.09. The van der Waals surface area contributed by atoms with Gasteiger partial charge in [-0.05, 0) is 54.4 Å². The van der Waals surface area contributed by atoms with Crippen LogP contribution in [0.5, 0.6) is 0 Å². The summed E-state index contributed by atoms with van der Waals surface area (Å²) < 4.78 is 10.3. The summed E-state index contributed by atoms with van der Waals surface area (Å²) in [5.41, 5.74) is -0.626. The Bertz CT molecular complexity index is 672. The molecule has 0 aromatic carbocycles. The number of thiazole rings is 1.